The van der Waals surface area contributed by atoms with Crippen molar-refractivity contribution in [3.8, 4) is 0 Å². The molecular weight excluding hydrogens is 573 g/mol. The van der Waals surface area contributed by atoms with E-state index >= 15 is 0 Å². The van der Waals surface area contributed by atoms with Crippen molar-refractivity contribution in [3.63, 3.8) is 0 Å². The molecule has 1 rings (SSSR count). The summed E-state index contributed by atoms with van der Waals surface area (Å²) in [6.07, 6.45) is 1.39. The number of aliphatic carboxylic acids is 3. The third-order valence-electron chi connectivity index (χ3n) is 3.19. The fourth-order valence-corrected chi connectivity index (χ4v) is 1.86. The first kappa shape index (κ1) is 46.2. The van der Waals surface area contributed by atoms with Gasteiger partial charge in [0.25, 0.3) is 0 Å². The molecule has 0 bridgehead atoms. The predicted octanol–water partition coefficient (Wildman–Crippen LogP) is -12.3. The summed E-state index contributed by atoms with van der Waals surface area (Å²) in [5.41, 5.74) is 11.3. The molecule has 4 unspecified atom stereocenters. The third-order valence-corrected chi connectivity index (χ3v) is 3.19. The van der Waals surface area contributed by atoms with Gasteiger partial charge in [-0.2, -0.15) is 0 Å². The van der Waals surface area contributed by atoms with Gasteiger partial charge >= 0.3 is 65.1 Å². The Morgan fingerprint density at radius 2 is 1.26 bits per heavy atom. The summed E-state index contributed by atoms with van der Waals surface area (Å²) >= 11 is 0. The summed E-state index contributed by atoms with van der Waals surface area (Å²) in [6, 6.07) is 0.562. The minimum Gasteiger partial charge on any atom is -0.550 e. The van der Waals surface area contributed by atoms with E-state index in [-0.39, 0.29) is 109 Å². The number of carboxylic acids is 3. The van der Waals surface area contributed by atoms with Crippen LogP contribution in [0.15, 0.2) is 0 Å². The number of hydrogen-bond donors (Lipinski definition) is 4. The minimum absolute atomic E-state index is 0. The number of carboxylic acid groups (broad SMARTS) is 3. The second-order valence-electron chi connectivity index (χ2n) is 4.90. The smallest absolute Gasteiger partial charge is 0.550 e. The van der Waals surface area contributed by atoms with Gasteiger partial charge in [0.2, 0.25) is 0 Å². The molecular formula is C12H26N2Na2O10Pt. The van der Waals surface area contributed by atoms with Gasteiger partial charge in [0.1, 0.15) is 6.10 Å². The molecule has 1 aliphatic rings. The van der Waals surface area contributed by atoms with Crippen LogP contribution in [0.4, 0.5) is 0 Å². The first-order chi connectivity index (χ1) is 9.66. The van der Waals surface area contributed by atoms with Crippen LogP contribution < -0.4 is 80.8 Å². The Labute approximate surface area is 215 Å². The van der Waals surface area contributed by atoms with E-state index in [1.54, 1.807) is 0 Å². The second-order valence-corrected chi connectivity index (χ2v) is 4.90. The van der Waals surface area contributed by atoms with Crippen molar-refractivity contribution in [2.75, 3.05) is 0 Å². The van der Waals surface area contributed by atoms with Gasteiger partial charge in [-0.25, -0.2) is 0 Å². The van der Waals surface area contributed by atoms with E-state index in [2.05, 4.69) is 0 Å². The summed E-state index contributed by atoms with van der Waals surface area (Å²) < 4.78 is 0. The Hall–Kier alpha value is 0.858. The molecule has 1 aliphatic carbocycles. The van der Waals surface area contributed by atoms with E-state index in [0.717, 1.165) is 12.8 Å². The van der Waals surface area contributed by atoms with Crippen LogP contribution in [0.3, 0.4) is 0 Å². The molecule has 0 aliphatic heterocycles. The summed E-state index contributed by atoms with van der Waals surface area (Å²) in [7, 11) is 0. The molecule has 12 nitrogen and oxygen atoms in total. The van der Waals surface area contributed by atoms with Gasteiger partial charge in [-0.15, -0.1) is 0 Å². The molecule has 0 aromatic carbocycles. The van der Waals surface area contributed by atoms with Crippen LogP contribution in [-0.2, 0) is 35.4 Å². The monoisotopic (exact) mass is 599 g/mol. The van der Waals surface area contributed by atoms with Crippen molar-refractivity contribution in [1.82, 2.24) is 0 Å². The van der Waals surface area contributed by atoms with Crippen molar-refractivity contribution in [3.05, 3.63) is 0 Å². The van der Waals surface area contributed by atoms with E-state index in [0.29, 0.717) is 0 Å². The molecule has 0 heterocycles. The van der Waals surface area contributed by atoms with Crippen LogP contribution in [0.5, 0.6) is 0 Å². The Bertz CT molecular complexity index is 385. The van der Waals surface area contributed by atoms with Crippen LogP contribution in [-0.4, -0.2) is 62.7 Å². The standard InChI is InChI=1S/C6H14N2.C6H8O7.2Na.3H2O.Pt/c7-5-3-1-2-4-6(5)8;7-3(8)1-2(5(10)11)4(9)6(12)13;;;;;;/h5-6H,1-4,7-8H2;2,4,9H,1H2,(H,7,8)(H,10,11)(H,12,13);;;3*1H2;/q;;2*+1;;;;/p-2. The van der Waals surface area contributed by atoms with Crippen molar-refractivity contribution in [2.45, 2.75) is 50.3 Å². The number of aliphatic hydroxyl groups excluding tert-OH is 1. The predicted molar refractivity (Wildman–Crippen MR) is 77.0 cm³/mol. The van der Waals surface area contributed by atoms with Crippen LogP contribution in [0.2, 0.25) is 0 Å². The molecule has 0 spiro atoms. The first-order valence-corrected chi connectivity index (χ1v) is 6.49. The van der Waals surface area contributed by atoms with E-state index in [9.17, 15) is 24.6 Å². The maximum absolute atomic E-state index is 10.2. The number of carbonyl (C=O) groups is 3. The molecule has 0 aromatic rings. The van der Waals surface area contributed by atoms with Gasteiger partial charge in [-0.3, -0.25) is 4.79 Å². The molecule has 27 heavy (non-hydrogen) atoms. The maximum Gasteiger partial charge on any atom is 1.00 e. The van der Waals surface area contributed by atoms with Crippen LogP contribution in [0, 0.1) is 5.92 Å². The third kappa shape index (κ3) is 21.4. The average molecular weight is 599 g/mol. The Balaban J connectivity index is -0.0000000511. The maximum atomic E-state index is 10.2. The summed E-state index contributed by atoms with van der Waals surface area (Å²) in [4.78, 5) is 30.2. The molecule has 156 valence electrons. The minimum atomic E-state index is -2.37. The fraction of sp³-hybridized carbons (Fsp3) is 0.750. The van der Waals surface area contributed by atoms with Gasteiger partial charge < -0.3 is 57.9 Å². The molecule has 12 N–H and O–H groups in total. The van der Waals surface area contributed by atoms with Crippen molar-refractivity contribution >= 4 is 17.9 Å². The van der Waals surface area contributed by atoms with Gasteiger partial charge in [0.05, 0.1) is 12.4 Å². The van der Waals surface area contributed by atoms with Gasteiger partial charge in [-0.1, -0.05) is 12.8 Å². The van der Waals surface area contributed by atoms with E-state index < -0.39 is 36.4 Å². The first-order valence-electron chi connectivity index (χ1n) is 6.49. The Kier molecular flexibility index (Phi) is 42.6. The molecule has 1 saturated carbocycles. The van der Waals surface area contributed by atoms with Gasteiger partial charge in [0.15, 0.2) is 0 Å². The van der Waals surface area contributed by atoms with Crippen molar-refractivity contribution in [1.29, 1.82) is 0 Å². The van der Waals surface area contributed by atoms with Crippen LogP contribution >= 0.6 is 0 Å². The van der Waals surface area contributed by atoms with Gasteiger partial charge in [-0.05, 0) is 12.8 Å². The zero-order valence-corrected chi connectivity index (χ0v) is 21.5. The second kappa shape index (κ2) is 24.9. The topological polar surface area (TPSA) is 284 Å². The molecule has 4 atom stereocenters. The SMILES string of the molecule is NC1CCCCC1N.O.O.O.O=C(O)CC(C(=O)[O-])C(O)C(=O)[O-].[Na+].[Na+].[Pt]. The van der Waals surface area contributed by atoms with Crippen molar-refractivity contribution in [2.24, 2.45) is 17.4 Å². The largest absolute Gasteiger partial charge is 1.00 e. The zero-order chi connectivity index (χ0) is 16.6. The molecule has 0 radical (unpaired) electrons. The number of carbonyl (C=O) groups excluding carboxylic acids is 2. The quantitative estimate of drug-likeness (QED) is 0.218. The van der Waals surface area contributed by atoms with E-state index in [1.165, 1.54) is 12.8 Å². The molecule has 15 heteroatoms. The molecule has 0 saturated heterocycles. The molecule has 0 aromatic heterocycles. The average Bonchev–Trinajstić information content (AvgIpc) is 2.39. The molecule has 1 fully saturated rings. The fourth-order valence-electron chi connectivity index (χ4n) is 1.86. The van der Waals surface area contributed by atoms with E-state index in [1.807, 2.05) is 0 Å². The number of aliphatic hydroxyl groups is 1. The Morgan fingerprint density at radius 3 is 1.44 bits per heavy atom. The number of nitrogens with two attached hydrogens (primary N) is 2. The number of rotatable bonds is 5. The molecule has 0 amide bonds. The summed E-state index contributed by atoms with van der Waals surface area (Å²) in [5, 5.41) is 36.9. The Morgan fingerprint density at radius 1 is 0.926 bits per heavy atom. The van der Waals surface area contributed by atoms with E-state index in [4.69, 9.17) is 21.7 Å². The van der Waals surface area contributed by atoms with Crippen molar-refractivity contribution < 1.29 is 131 Å². The summed E-state index contributed by atoms with van der Waals surface area (Å²) in [5.74, 6) is -7.54. The van der Waals surface area contributed by atoms with Crippen LogP contribution in [0.25, 0.3) is 0 Å². The zero-order valence-electron chi connectivity index (χ0n) is 15.3. The number of hydrogen-bond acceptors (Lipinski definition) is 8. The normalized spacial score (nSPS) is 18.8. The van der Waals surface area contributed by atoms with Gasteiger partial charge in [0, 0.05) is 45.0 Å². The summed E-state index contributed by atoms with van der Waals surface area (Å²) in [6.45, 7) is 0. The van der Waals surface area contributed by atoms with Crippen LogP contribution in [0.1, 0.15) is 32.1 Å².